The van der Waals surface area contributed by atoms with Gasteiger partial charge in [0.1, 0.15) is 5.25 Å². The number of nitrogens with one attached hydrogen (secondary N) is 1. The number of rotatable bonds is 5. The Morgan fingerprint density at radius 2 is 2.08 bits per heavy atom. The smallest absolute Gasteiger partial charge is 0.305 e. The molecule has 0 saturated carbocycles. The summed E-state index contributed by atoms with van der Waals surface area (Å²) in [6, 6.07) is 7.94. The molecule has 25 heavy (non-hydrogen) atoms. The zero-order chi connectivity index (χ0) is 17.6. The summed E-state index contributed by atoms with van der Waals surface area (Å²) in [4.78, 5) is 24.5. The summed E-state index contributed by atoms with van der Waals surface area (Å²) in [5, 5.41) is 18.8. The lowest BCUT2D eigenvalue weighted by atomic mass is 10.2. The van der Waals surface area contributed by atoms with Crippen molar-refractivity contribution in [3.05, 3.63) is 29.8 Å². The Balaban J connectivity index is 1.57. The summed E-state index contributed by atoms with van der Waals surface area (Å²) in [7, 11) is 0. The van der Waals surface area contributed by atoms with Crippen molar-refractivity contribution in [1.29, 1.82) is 0 Å². The monoisotopic (exact) mass is 362 g/mol. The van der Waals surface area contributed by atoms with Gasteiger partial charge in [-0.3, -0.25) is 9.59 Å². The van der Waals surface area contributed by atoms with Crippen molar-refractivity contribution >= 4 is 40.7 Å². The van der Waals surface area contributed by atoms with Crippen LogP contribution >= 0.6 is 11.8 Å². The second-order valence-electron chi connectivity index (χ2n) is 5.53. The van der Waals surface area contributed by atoms with Crippen LogP contribution in [0.4, 0.5) is 5.69 Å². The minimum absolute atomic E-state index is 0.234. The van der Waals surface area contributed by atoms with E-state index in [0.29, 0.717) is 5.17 Å². The number of morpholine rings is 1. The molecule has 132 valence electrons. The second-order valence-corrected chi connectivity index (χ2v) is 6.73. The quantitative estimate of drug-likeness (QED) is 0.596. The molecule has 0 spiro atoms. The van der Waals surface area contributed by atoms with Gasteiger partial charge in [-0.05, 0) is 17.7 Å². The molecule has 2 aliphatic heterocycles. The van der Waals surface area contributed by atoms with Gasteiger partial charge in [0, 0.05) is 18.8 Å². The zero-order valence-electron chi connectivity index (χ0n) is 13.4. The number of aliphatic carboxylic acids is 1. The lowest BCUT2D eigenvalue weighted by Gasteiger charge is -2.28. The highest BCUT2D eigenvalue weighted by atomic mass is 32.2. The molecule has 8 nitrogen and oxygen atoms in total. The van der Waals surface area contributed by atoms with E-state index < -0.39 is 11.2 Å². The molecule has 0 aliphatic carbocycles. The number of amides is 1. The van der Waals surface area contributed by atoms with E-state index in [0.717, 1.165) is 49.3 Å². The second kappa shape index (κ2) is 8.13. The number of hydrogen-bond acceptors (Lipinski definition) is 7. The highest BCUT2D eigenvalue weighted by Gasteiger charge is 2.32. The molecule has 2 heterocycles. The molecule has 0 bridgehead atoms. The molecule has 9 heteroatoms. The van der Waals surface area contributed by atoms with Crippen molar-refractivity contribution < 1.29 is 19.4 Å². The van der Waals surface area contributed by atoms with Gasteiger partial charge in [-0.15, -0.1) is 5.10 Å². The summed E-state index contributed by atoms with van der Waals surface area (Å²) >= 11 is 1.08. The molecule has 0 aromatic heterocycles. The zero-order valence-corrected chi connectivity index (χ0v) is 14.2. The molecular formula is C16H18N4O4S. The van der Waals surface area contributed by atoms with Crippen LogP contribution in [0.5, 0.6) is 0 Å². The number of hydrogen-bond donors (Lipinski definition) is 2. The molecule has 2 aliphatic rings. The van der Waals surface area contributed by atoms with Crippen LogP contribution in [0.3, 0.4) is 0 Å². The Labute approximate surface area is 148 Å². The fourth-order valence-electron chi connectivity index (χ4n) is 2.49. The first-order chi connectivity index (χ1) is 12.1. The number of nitrogens with zero attached hydrogens (tertiary/aromatic N) is 3. The van der Waals surface area contributed by atoms with Gasteiger partial charge in [-0.2, -0.15) is 5.10 Å². The number of ether oxygens (including phenoxy) is 1. The van der Waals surface area contributed by atoms with Crippen molar-refractivity contribution in [3.8, 4) is 0 Å². The molecular weight excluding hydrogens is 344 g/mol. The molecule has 2 N–H and O–H groups in total. The summed E-state index contributed by atoms with van der Waals surface area (Å²) in [6.07, 6.45) is 1.36. The van der Waals surface area contributed by atoms with E-state index in [1.54, 1.807) is 6.21 Å². The standard InChI is InChI=1S/C16H18N4O4S/c21-14(22)9-13-15(23)18-16(25-13)19-17-10-11-1-3-12(4-2-11)20-5-7-24-8-6-20/h1-4,10,13H,5-9H2,(H,21,22)(H,18,19,23)/b17-10-/t13-/m1/s1. The van der Waals surface area contributed by atoms with Gasteiger partial charge in [-0.25, -0.2) is 0 Å². The van der Waals surface area contributed by atoms with Gasteiger partial charge in [0.15, 0.2) is 5.17 Å². The lowest BCUT2D eigenvalue weighted by molar-refractivity contribution is -0.138. The van der Waals surface area contributed by atoms with E-state index in [1.807, 2.05) is 24.3 Å². The molecule has 2 saturated heterocycles. The first kappa shape index (κ1) is 17.4. The Morgan fingerprint density at radius 1 is 1.36 bits per heavy atom. The van der Waals surface area contributed by atoms with E-state index >= 15 is 0 Å². The van der Waals surface area contributed by atoms with E-state index in [1.165, 1.54) is 0 Å². The Hall–Kier alpha value is -2.39. The number of carbonyl (C=O) groups is 2. The largest absolute Gasteiger partial charge is 0.481 e. The van der Waals surface area contributed by atoms with Crippen molar-refractivity contribution in [1.82, 2.24) is 5.32 Å². The van der Waals surface area contributed by atoms with Crippen molar-refractivity contribution in [2.75, 3.05) is 31.2 Å². The van der Waals surface area contributed by atoms with Crippen LogP contribution in [-0.2, 0) is 14.3 Å². The van der Waals surface area contributed by atoms with Gasteiger partial charge in [-0.1, -0.05) is 23.9 Å². The molecule has 1 atom stereocenters. The average Bonchev–Trinajstić information content (AvgIpc) is 2.95. The van der Waals surface area contributed by atoms with Gasteiger partial charge >= 0.3 is 5.97 Å². The number of amidine groups is 1. The predicted molar refractivity (Wildman–Crippen MR) is 96.3 cm³/mol. The van der Waals surface area contributed by atoms with Crippen LogP contribution in [0.15, 0.2) is 34.5 Å². The van der Waals surface area contributed by atoms with Crippen molar-refractivity contribution in [2.24, 2.45) is 10.2 Å². The molecule has 1 aromatic rings. The molecule has 3 rings (SSSR count). The fourth-order valence-corrected chi connectivity index (χ4v) is 3.40. The number of benzene rings is 1. The fraction of sp³-hybridized carbons (Fsp3) is 0.375. The predicted octanol–water partition coefficient (Wildman–Crippen LogP) is 0.919. The van der Waals surface area contributed by atoms with Crippen LogP contribution < -0.4 is 10.2 Å². The summed E-state index contributed by atoms with van der Waals surface area (Å²) < 4.78 is 5.34. The van der Waals surface area contributed by atoms with Crippen molar-refractivity contribution in [3.63, 3.8) is 0 Å². The maximum atomic E-state index is 11.6. The Kier molecular flexibility index (Phi) is 5.67. The van der Waals surface area contributed by atoms with Crippen LogP contribution in [0.1, 0.15) is 12.0 Å². The highest BCUT2D eigenvalue weighted by molar-refractivity contribution is 8.15. The van der Waals surface area contributed by atoms with E-state index in [-0.39, 0.29) is 12.3 Å². The van der Waals surface area contributed by atoms with Crippen LogP contribution in [0, 0.1) is 0 Å². The third-order valence-corrected chi connectivity index (χ3v) is 4.83. The first-order valence-electron chi connectivity index (χ1n) is 7.85. The molecule has 2 fully saturated rings. The van der Waals surface area contributed by atoms with Gasteiger partial charge in [0.2, 0.25) is 5.91 Å². The number of carboxylic acid groups (broad SMARTS) is 1. The van der Waals surface area contributed by atoms with E-state index in [9.17, 15) is 9.59 Å². The third kappa shape index (κ3) is 4.80. The summed E-state index contributed by atoms with van der Waals surface area (Å²) in [5.74, 6) is -1.37. The molecule has 1 amide bonds. The summed E-state index contributed by atoms with van der Waals surface area (Å²) in [6.45, 7) is 3.25. The maximum absolute atomic E-state index is 11.6. The van der Waals surface area contributed by atoms with Crippen LogP contribution in [-0.4, -0.2) is 59.9 Å². The number of carbonyl (C=O) groups excluding carboxylic acids is 1. The number of carboxylic acids is 1. The number of anilines is 1. The lowest BCUT2D eigenvalue weighted by Crippen LogP contribution is -2.36. The minimum atomic E-state index is -1.02. The molecule has 1 aromatic carbocycles. The Bertz CT molecular complexity index is 699. The van der Waals surface area contributed by atoms with Gasteiger partial charge in [0.25, 0.3) is 0 Å². The summed E-state index contributed by atoms with van der Waals surface area (Å²) in [5.41, 5.74) is 2.03. The Morgan fingerprint density at radius 3 is 2.76 bits per heavy atom. The van der Waals surface area contributed by atoms with E-state index in [4.69, 9.17) is 9.84 Å². The molecule has 0 radical (unpaired) electrons. The van der Waals surface area contributed by atoms with Crippen LogP contribution in [0.25, 0.3) is 0 Å². The van der Waals surface area contributed by atoms with Gasteiger partial charge < -0.3 is 20.1 Å². The van der Waals surface area contributed by atoms with Gasteiger partial charge in [0.05, 0.1) is 25.8 Å². The first-order valence-corrected chi connectivity index (χ1v) is 8.73. The van der Waals surface area contributed by atoms with Crippen LogP contribution in [0.2, 0.25) is 0 Å². The minimum Gasteiger partial charge on any atom is -0.481 e. The topological polar surface area (TPSA) is 104 Å². The highest BCUT2D eigenvalue weighted by Crippen LogP contribution is 2.22. The third-order valence-electron chi connectivity index (χ3n) is 3.76. The maximum Gasteiger partial charge on any atom is 0.305 e. The number of thioether (sulfide) groups is 1. The normalized spacial score (nSPS) is 22.6. The molecule has 0 unspecified atom stereocenters. The SMILES string of the molecule is O=C(O)C[C@H]1S/C(=N/N=C\c2ccc(N3CCOCC3)cc2)NC1=O. The average molecular weight is 362 g/mol. The van der Waals surface area contributed by atoms with Crippen molar-refractivity contribution in [2.45, 2.75) is 11.7 Å². The van der Waals surface area contributed by atoms with E-state index in [2.05, 4.69) is 20.4 Å².